The van der Waals surface area contributed by atoms with E-state index >= 15 is 0 Å². The molecule has 1 N–H and O–H groups in total. The lowest BCUT2D eigenvalue weighted by molar-refractivity contribution is 0.948. The van der Waals surface area contributed by atoms with Gasteiger partial charge in [-0.05, 0) is 43.2 Å². The lowest BCUT2D eigenvalue weighted by Crippen LogP contribution is -1.97. The first-order valence-corrected chi connectivity index (χ1v) is 6.64. The van der Waals surface area contributed by atoms with Gasteiger partial charge in [0.15, 0.2) is 0 Å². The molecular weight excluding hydrogens is 262 g/mol. The Kier molecular flexibility index (Phi) is 3.07. The van der Waals surface area contributed by atoms with Crippen LogP contribution in [0.2, 0.25) is 0 Å². The van der Waals surface area contributed by atoms with Gasteiger partial charge in [0.25, 0.3) is 0 Å². The van der Waals surface area contributed by atoms with Crippen LogP contribution in [0, 0.1) is 25.2 Å². The van der Waals surface area contributed by atoms with E-state index in [9.17, 15) is 0 Å². The molecule has 0 aliphatic rings. The van der Waals surface area contributed by atoms with Gasteiger partial charge in [-0.25, -0.2) is 9.97 Å². The van der Waals surface area contributed by atoms with E-state index in [0.717, 1.165) is 33.5 Å². The van der Waals surface area contributed by atoms with Crippen molar-refractivity contribution in [3.8, 4) is 6.07 Å². The molecule has 104 valence electrons. The molecule has 21 heavy (non-hydrogen) atoms. The first kappa shape index (κ1) is 13.1. The minimum absolute atomic E-state index is 0.427. The van der Waals surface area contributed by atoms with Gasteiger partial charge in [0.1, 0.15) is 11.8 Å². The van der Waals surface area contributed by atoms with Gasteiger partial charge >= 0.3 is 0 Å². The smallest absolute Gasteiger partial charge is 0.140 e. The molecule has 0 spiro atoms. The number of fused-ring (bicyclic) bond motifs is 1. The summed E-state index contributed by atoms with van der Waals surface area (Å²) >= 11 is 0. The number of nitrogens with zero attached hydrogens (tertiary/aromatic N) is 4. The summed E-state index contributed by atoms with van der Waals surface area (Å²) in [7, 11) is 1.98. The fraction of sp³-hybridized carbons (Fsp3) is 0.188. The third-order valence-electron chi connectivity index (χ3n) is 3.52. The minimum Gasteiger partial charge on any atom is -0.354 e. The van der Waals surface area contributed by atoms with Crippen molar-refractivity contribution in [3.63, 3.8) is 0 Å². The molecule has 0 amide bonds. The third kappa shape index (κ3) is 2.32. The summed E-state index contributed by atoms with van der Waals surface area (Å²) in [5.74, 6) is 0. The summed E-state index contributed by atoms with van der Waals surface area (Å²) in [5.41, 5.74) is 6.51. The lowest BCUT2D eigenvalue weighted by atomic mass is 10.1. The van der Waals surface area contributed by atoms with Crippen LogP contribution in [0.4, 0.5) is 11.4 Å². The molecule has 0 aliphatic heterocycles. The zero-order chi connectivity index (χ0) is 15.0. The average molecular weight is 277 g/mol. The minimum atomic E-state index is 0.427. The number of nitriles is 1. The molecule has 2 aromatic heterocycles. The van der Waals surface area contributed by atoms with E-state index in [1.54, 1.807) is 12.3 Å². The summed E-state index contributed by atoms with van der Waals surface area (Å²) in [5, 5.41) is 12.2. The molecule has 0 aliphatic carbocycles. The summed E-state index contributed by atoms with van der Waals surface area (Å²) in [6.45, 7) is 4.00. The largest absolute Gasteiger partial charge is 0.354 e. The lowest BCUT2D eigenvalue weighted by Gasteiger charge is -2.11. The molecule has 3 aromatic rings. The van der Waals surface area contributed by atoms with Crippen LogP contribution in [0.15, 0.2) is 30.7 Å². The molecule has 5 heteroatoms. The van der Waals surface area contributed by atoms with Crippen molar-refractivity contribution in [2.45, 2.75) is 13.8 Å². The molecular formula is C16H15N5. The van der Waals surface area contributed by atoms with Crippen LogP contribution >= 0.6 is 0 Å². The molecule has 0 atom stereocenters. The Morgan fingerprint density at radius 1 is 1.14 bits per heavy atom. The standard InChI is InChI=1S/C16H15N5/c1-10-4-13(7-17)18-8-14(10)20-12-5-11(2)16-15(6-12)21(3)9-19-16/h4-6,8-9,20H,1-3H3. The summed E-state index contributed by atoms with van der Waals surface area (Å²) in [4.78, 5) is 8.50. The molecule has 0 saturated heterocycles. The second-order valence-electron chi connectivity index (χ2n) is 5.14. The topological polar surface area (TPSA) is 66.5 Å². The van der Waals surface area contributed by atoms with Crippen molar-refractivity contribution < 1.29 is 0 Å². The quantitative estimate of drug-likeness (QED) is 0.781. The highest BCUT2D eigenvalue weighted by Crippen LogP contribution is 2.26. The van der Waals surface area contributed by atoms with Gasteiger partial charge < -0.3 is 9.88 Å². The normalized spacial score (nSPS) is 10.6. The van der Waals surface area contributed by atoms with Crippen LogP contribution in [-0.2, 0) is 7.05 Å². The predicted octanol–water partition coefficient (Wildman–Crippen LogP) is 3.20. The van der Waals surface area contributed by atoms with Crippen molar-refractivity contribution in [1.29, 1.82) is 5.26 Å². The Morgan fingerprint density at radius 3 is 2.67 bits per heavy atom. The van der Waals surface area contributed by atoms with E-state index in [0.29, 0.717) is 5.69 Å². The summed E-state index contributed by atoms with van der Waals surface area (Å²) < 4.78 is 2.00. The number of aryl methyl sites for hydroxylation is 3. The zero-order valence-electron chi connectivity index (χ0n) is 12.2. The summed E-state index contributed by atoms with van der Waals surface area (Å²) in [6.07, 6.45) is 3.51. The Hall–Kier alpha value is -2.87. The Balaban J connectivity index is 2.02. The van der Waals surface area contributed by atoms with Gasteiger partial charge in [-0.2, -0.15) is 5.26 Å². The van der Waals surface area contributed by atoms with Gasteiger partial charge in [0.2, 0.25) is 0 Å². The highest BCUT2D eigenvalue weighted by molar-refractivity contribution is 5.84. The van der Waals surface area contributed by atoms with Crippen LogP contribution in [0.1, 0.15) is 16.8 Å². The fourth-order valence-electron chi connectivity index (χ4n) is 2.38. The van der Waals surface area contributed by atoms with Crippen molar-refractivity contribution >= 4 is 22.4 Å². The van der Waals surface area contributed by atoms with E-state index in [4.69, 9.17) is 5.26 Å². The van der Waals surface area contributed by atoms with E-state index in [1.807, 2.05) is 37.9 Å². The second kappa shape index (κ2) is 4.91. The number of hydrogen-bond donors (Lipinski definition) is 1. The maximum absolute atomic E-state index is 8.86. The average Bonchev–Trinajstić information content (AvgIpc) is 2.83. The van der Waals surface area contributed by atoms with Gasteiger partial charge in [-0.3, -0.25) is 0 Å². The number of hydrogen-bond acceptors (Lipinski definition) is 4. The fourth-order valence-corrected chi connectivity index (χ4v) is 2.38. The Morgan fingerprint density at radius 2 is 1.95 bits per heavy atom. The molecule has 5 nitrogen and oxygen atoms in total. The number of pyridine rings is 1. The van der Waals surface area contributed by atoms with Crippen LogP contribution in [0.25, 0.3) is 11.0 Å². The highest BCUT2D eigenvalue weighted by atomic mass is 15.0. The maximum Gasteiger partial charge on any atom is 0.140 e. The van der Waals surface area contributed by atoms with Crippen molar-refractivity contribution in [2.75, 3.05) is 5.32 Å². The molecule has 2 heterocycles. The second-order valence-corrected chi connectivity index (χ2v) is 5.14. The van der Waals surface area contributed by atoms with Crippen LogP contribution < -0.4 is 5.32 Å². The van der Waals surface area contributed by atoms with E-state index in [1.165, 1.54) is 0 Å². The third-order valence-corrected chi connectivity index (χ3v) is 3.52. The van der Waals surface area contributed by atoms with Crippen LogP contribution in [-0.4, -0.2) is 14.5 Å². The SMILES string of the molecule is Cc1cc(C#N)ncc1Nc1cc(C)c2ncn(C)c2c1. The van der Waals surface area contributed by atoms with E-state index in [2.05, 4.69) is 27.4 Å². The molecule has 0 radical (unpaired) electrons. The van der Waals surface area contributed by atoms with Gasteiger partial charge in [-0.1, -0.05) is 0 Å². The van der Waals surface area contributed by atoms with Crippen molar-refractivity contribution in [2.24, 2.45) is 7.05 Å². The number of benzene rings is 1. The molecule has 3 rings (SSSR count). The Bertz CT molecular complexity index is 870. The maximum atomic E-state index is 8.86. The van der Waals surface area contributed by atoms with Gasteiger partial charge in [-0.15, -0.1) is 0 Å². The van der Waals surface area contributed by atoms with Crippen molar-refractivity contribution in [1.82, 2.24) is 14.5 Å². The van der Waals surface area contributed by atoms with E-state index in [-0.39, 0.29) is 0 Å². The molecule has 0 bridgehead atoms. The Labute approximate surface area is 122 Å². The monoisotopic (exact) mass is 277 g/mol. The van der Waals surface area contributed by atoms with Gasteiger partial charge in [0, 0.05) is 12.7 Å². The number of rotatable bonds is 2. The van der Waals surface area contributed by atoms with Gasteiger partial charge in [0.05, 0.1) is 29.2 Å². The zero-order valence-corrected chi connectivity index (χ0v) is 12.2. The first-order valence-electron chi connectivity index (χ1n) is 6.64. The first-order chi connectivity index (χ1) is 10.1. The predicted molar refractivity (Wildman–Crippen MR) is 82.4 cm³/mol. The molecule has 0 saturated carbocycles. The summed E-state index contributed by atoms with van der Waals surface area (Å²) in [6, 6.07) is 7.95. The molecule has 0 unspecified atom stereocenters. The molecule has 0 fully saturated rings. The van der Waals surface area contributed by atoms with Crippen LogP contribution in [0.3, 0.4) is 0 Å². The van der Waals surface area contributed by atoms with Crippen LogP contribution in [0.5, 0.6) is 0 Å². The molecule has 1 aromatic carbocycles. The van der Waals surface area contributed by atoms with E-state index < -0.39 is 0 Å². The number of imidazole rings is 1. The number of aromatic nitrogens is 3. The highest BCUT2D eigenvalue weighted by Gasteiger charge is 2.07. The van der Waals surface area contributed by atoms with Crippen molar-refractivity contribution in [3.05, 3.63) is 47.5 Å². The number of nitrogens with one attached hydrogen (secondary N) is 1. The number of anilines is 2.